The van der Waals surface area contributed by atoms with Crippen LogP contribution in [0.3, 0.4) is 0 Å². The van der Waals surface area contributed by atoms with Crippen LogP contribution in [-0.2, 0) is 17.7 Å². The van der Waals surface area contributed by atoms with Crippen LogP contribution in [0.15, 0.2) is 71.3 Å². The van der Waals surface area contributed by atoms with Gasteiger partial charge in [0.05, 0.1) is 31.7 Å². The summed E-state index contributed by atoms with van der Waals surface area (Å²) in [6.07, 6.45) is 0.654. The van der Waals surface area contributed by atoms with Gasteiger partial charge in [0, 0.05) is 25.1 Å². The molecule has 10 nitrogen and oxygen atoms in total. The minimum absolute atomic E-state index is 0.213. The van der Waals surface area contributed by atoms with E-state index in [0.29, 0.717) is 56.5 Å². The number of carbonyl (C=O) groups excluding carboxylic acids is 1. The molecule has 3 heterocycles. The number of carbonyl (C=O) groups is 1. The van der Waals surface area contributed by atoms with Gasteiger partial charge in [-0.1, -0.05) is 52.8 Å². The van der Waals surface area contributed by atoms with Crippen molar-refractivity contribution in [3.63, 3.8) is 0 Å². The molecule has 0 atom stereocenters. The summed E-state index contributed by atoms with van der Waals surface area (Å²) in [4.78, 5) is 15.7. The van der Waals surface area contributed by atoms with E-state index in [1.165, 1.54) is 0 Å². The first kappa shape index (κ1) is 29.1. The fraction of sp³-hybridized carbons (Fsp3) is 0.294. The normalized spacial score (nSPS) is 14.0. The first-order valence-corrected chi connectivity index (χ1v) is 14.6. The van der Waals surface area contributed by atoms with Crippen molar-refractivity contribution in [1.82, 2.24) is 25.1 Å². The number of hydrogen-bond donors (Lipinski definition) is 0. The van der Waals surface area contributed by atoms with Crippen molar-refractivity contribution in [2.75, 3.05) is 33.5 Å². The Morgan fingerprint density at radius 2 is 1.77 bits per heavy atom. The summed E-state index contributed by atoms with van der Waals surface area (Å²) in [7, 11) is 1.60. The molecule has 0 fully saturated rings. The third-order valence-corrected chi connectivity index (χ3v) is 7.83. The van der Waals surface area contributed by atoms with Crippen LogP contribution < -0.4 is 9.47 Å². The van der Waals surface area contributed by atoms with Gasteiger partial charge in [-0.2, -0.15) is 0 Å². The van der Waals surface area contributed by atoms with Gasteiger partial charge in [0.25, 0.3) is 5.91 Å². The number of amides is 1. The Morgan fingerprint density at radius 1 is 0.932 bits per heavy atom. The molecule has 1 aliphatic rings. The summed E-state index contributed by atoms with van der Waals surface area (Å²) < 4.78 is 24.7. The average molecular weight is 594 g/mol. The Bertz CT molecular complexity index is 1770. The molecule has 226 valence electrons. The second kappa shape index (κ2) is 12.7. The Hall–Kier alpha value is -4.96. The van der Waals surface area contributed by atoms with Crippen LogP contribution in [0.5, 0.6) is 11.5 Å². The Labute approximate surface area is 256 Å². The van der Waals surface area contributed by atoms with Crippen molar-refractivity contribution in [2.24, 2.45) is 0 Å². The second-order valence-corrected chi connectivity index (χ2v) is 10.8. The predicted octanol–water partition coefficient (Wildman–Crippen LogP) is 5.50. The molecule has 0 N–H and O–H groups in total. The van der Waals surface area contributed by atoms with Gasteiger partial charge in [0.2, 0.25) is 0 Å². The van der Waals surface area contributed by atoms with Crippen molar-refractivity contribution in [3.05, 3.63) is 106 Å². The van der Waals surface area contributed by atoms with Crippen LogP contribution in [-0.4, -0.2) is 64.4 Å². The Morgan fingerprint density at radius 3 is 2.59 bits per heavy atom. The number of benzene rings is 3. The van der Waals surface area contributed by atoms with E-state index in [1.807, 2.05) is 69.3 Å². The van der Waals surface area contributed by atoms with Crippen LogP contribution in [0.2, 0.25) is 0 Å². The lowest BCUT2D eigenvalue weighted by molar-refractivity contribution is 0.0566. The minimum Gasteiger partial charge on any atom is -0.494 e. The first-order valence-electron chi connectivity index (χ1n) is 14.6. The van der Waals surface area contributed by atoms with E-state index in [-0.39, 0.29) is 11.6 Å². The molecule has 10 heteroatoms. The van der Waals surface area contributed by atoms with Gasteiger partial charge in [-0.15, -0.1) is 5.10 Å². The zero-order valence-electron chi connectivity index (χ0n) is 25.4. The van der Waals surface area contributed by atoms with E-state index in [4.69, 9.17) is 18.7 Å². The highest BCUT2D eigenvalue weighted by molar-refractivity contribution is 5.93. The average Bonchev–Trinajstić information content (AvgIpc) is 3.58. The lowest BCUT2D eigenvalue weighted by Gasteiger charge is -2.23. The molecule has 5 aromatic rings. The third-order valence-electron chi connectivity index (χ3n) is 7.83. The van der Waals surface area contributed by atoms with Gasteiger partial charge in [-0.05, 0) is 67.3 Å². The van der Waals surface area contributed by atoms with Crippen molar-refractivity contribution >= 4 is 5.91 Å². The van der Waals surface area contributed by atoms with Crippen molar-refractivity contribution in [1.29, 1.82) is 0 Å². The summed E-state index contributed by atoms with van der Waals surface area (Å²) in [6.45, 7) is 7.63. The van der Waals surface area contributed by atoms with Gasteiger partial charge in [0.15, 0.2) is 5.69 Å². The fourth-order valence-corrected chi connectivity index (χ4v) is 5.64. The largest absolute Gasteiger partial charge is 0.494 e. The minimum atomic E-state index is -0.213. The molecule has 0 radical (unpaired) electrons. The highest BCUT2D eigenvalue weighted by Crippen LogP contribution is 2.32. The molecular weight excluding hydrogens is 558 g/mol. The van der Waals surface area contributed by atoms with E-state index in [2.05, 4.69) is 33.7 Å². The molecular formula is C34H35N5O5. The summed E-state index contributed by atoms with van der Waals surface area (Å²) in [5.41, 5.74) is 7.69. The van der Waals surface area contributed by atoms with Gasteiger partial charge < -0.3 is 23.6 Å². The zero-order chi connectivity index (χ0) is 30.6. The summed E-state index contributed by atoms with van der Waals surface area (Å²) in [6, 6.07) is 22.0. The van der Waals surface area contributed by atoms with Gasteiger partial charge >= 0.3 is 0 Å². The number of aromatic nitrogens is 4. The number of rotatable bonds is 4. The van der Waals surface area contributed by atoms with Gasteiger partial charge in [0.1, 0.15) is 29.6 Å². The number of fused-ring (bicyclic) bond motifs is 3. The third kappa shape index (κ3) is 5.93. The van der Waals surface area contributed by atoms with Crippen molar-refractivity contribution in [2.45, 2.75) is 33.7 Å². The Balaban J connectivity index is 1.30. The number of aryl methyl sites for hydroxylation is 2. The van der Waals surface area contributed by atoms with E-state index in [0.717, 1.165) is 45.0 Å². The number of methoxy groups -OCH3 is 1. The maximum Gasteiger partial charge on any atom is 0.276 e. The van der Waals surface area contributed by atoms with Crippen LogP contribution in [0.25, 0.3) is 16.8 Å². The molecule has 0 saturated heterocycles. The second-order valence-electron chi connectivity index (χ2n) is 10.8. The zero-order valence-corrected chi connectivity index (χ0v) is 25.4. The van der Waals surface area contributed by atoms with Crippen molar-refractivity contribution in [3.8, 4) is 28.3 Å². The molecule has 0 saturated carbocycles. The first-order chi connectivity index (χ1) is 21.4. The molecule has 1 amide bonds. The van der Waals surface area contributed by atoms with E-state index >= 15 is 0 Å². The molecule has 0 unspecified atom stereocenters. The van der Waals surface area contributed by atoms with Crippen LogP contribution in [0.4, 0.5) is 0 Å². The number of ether oxygens (including phenoxy) is 3. The summed E-state index contributed by atoms with van der Waals surface area (Å²) in [5, 5.41) is 12.7. The maximum atomic E-state index is 13.9. The van der Waals surface area contributed by atoms with E-state index in [9.17, 15) is 4.79 Å². The Kier molecular flexibility index (Phi) is 8.42. The predicted molar refractivity (Wildman–Crippen MR) is 164 cm³/mol. The molecule has 1 aliphatic heterocycles. The molecule has 44 heavy (non-hydrogen) atoms. The smallest absolute Gasteiger partial charge is 0.276 e. The monoisotopic (exact) mass is 593 g/mol. The summed E-state index contributed by atoms with van der Waals surface area (Å²) in [5.74, 6) is 2.03. The van der Waals surface area contributed by atoms with Gasteiger partial charge in [-0.3, -0.25) is 4.79 Å². The molecule has 0 aliphatic carbocycles. The van der Waals surface area contributed by atoms with E-state index < -0.39 is 0 Å². The standard InChI is InChI=1S/C34H35N5O5/c1-22-32(24(3)44-36-22)27-12-13-30-28(20-27)19-25-8-7-9-26(18-25)21-38(14-15-42-16-17-43-30)34(40)33-23(2)39(37-35-33)29-10-5-6-11-31(29)41-4/h5-13,18,20H,14-17,19,21H2,1-4H3. The van der Waals surface area contributed by atoms with Crippen LogP contribution >= 0.6 is 0 Å². The fourth-order valence-electron chi connectivity index (χ4n) is 5.64. The highest BCUT2D eigenvalue weighted by Gasteiger charge is 2.25. The highest BCUT2D eigenvalue weighted by atomic mass is 16.5. The lowest BCUT2D eigenvalue weighted by Crippen LogP contribution is -2.34. The van der Waals surface area contributed by atoms with Crippen molar-refractivity contribution < 1.29 is 23.5 Å². The molecule has 0 spiro atoms. The molecule has 3 aromatic carbocycles. The van der Waals surface area contributed by atoms with Crippen LogP contribution in [0, 0.1) is 20.8 Å². The number of hydrogen-bond acceptors (Lipinski definition) is 8. The van der Waals surface area contributed by atoms with E-state index in [1.54, 1.807) is 16.7 Å². The summed E-state index contributed by atoms with van der Waals surface area (Å²) >= 11 is 0. The van der Waals surface area contributed by atoms with Crippen LogP contribution in [0.1, 0.15) is 44.3 Å². The SMILES string of the molecule is COc1ccccc1-n1nnc(C(=O)N2CCOCCOc3ccc(-c4c(C)noc4C)cc3Cc3cccc(c3)C2)c1C. The quantitative estimate of drug-likeness (QED) is 0.269. The number of para-hydroxylation sites is 2. The molecule has 2 bridgehead atoms. The lowest BCUT2D eigenvalue weighted by atomic mass is 9.96. The molecule has 6 rings (SSSR count). The number of nitrogens with zero attached hydrogens (tertiary/aromatic N) is 5. The maximum absolute atomic E-state index is 13.9. The van der Waals surface area contributed by atoms with Gasteiger partial charge in [-0.25, -0.2) is 4.68 Å². The molecule has 2 aromatic heterocycles. The topological polar surface area (TPSA) is 105 Å².